The maximum Gasteiger partial charge on any atom is 0.245 e. The number of halogens is 1. The Morgan fingerprint density at radius 2 is 1.88 bits per heavy atom. The Balaban J connectivity index is 1.22. The largest absolute Gasteiger partial charge is 0.545 e. The number of fused-ring (bicyclic) bond motifs is 1. The molecule has 2 heterocycles. The van der Waals surface area contributed by atoms with Gasteiger partial charge in [0.1, 0.15) is 6.04 Å². The molecule has 0 aliphatic carbocycles. The topological polar surface area (TPSA) is 95.9 Å². The zero-order valence-corrected chi connectivity index (χ0v) is 18.6. The predicted octanol–water partition coefficient (Wildman–Crippen LogP) is 1.70. The van der Waals surface area contributed by atoms with E-state index in [9.17, 15) is 19.8 Å². The summed E-state index contributed by atoms with van der Waals surface area (Å²) in [5, 5.41) is 25.6. The fourth-order valence-corrected chi connectivity index (χ4v) is 4.79. The number of para-hydroxylation sites is 1. The van der Waals surface area contributed by atoms with Gasteiger partial charge in [0.05, 0.1) is 22.8 Å². The highest BCUT2D eigenvalue weighted by Gasteiger charge is 2.32. The van der Waals surface area contributed by atoms with Crippen molar-refractivity contribution in [3.63, 3.8) is 0 Å². The Morgan fingerprint density at radius 1 is 1.12 bits per heavy atom. The Morgan fingerprint density at radius 3 is 2.59 bits per heavy atom. The van der Waals surface area contributed by atoms with Gasteiger partial charge in [-0.15, -0.1) is 0 Å². The molecule has 2 aromatic rings. The Hall–Kier alpha value is -2.61. The van der Waals surface area contributed by atoms with E-state index in [1.807, 2.05) is 23.1 Å². The second-order valence-electron chi connectivity index (χ2n) is 8.37. The lowest BCUT2D eigenvalue weighted by Gasteiger charge is -2.36. The Kier molecular flexibility index (Phi) is 6.98. The van der Waals surface area contributed by atoms with E-state index in [1.54, 1.807) is 18.2 Å². The highest BCUT2D eigenvalue weighted by Crippen LogP contribution is 2.33. The molecule has 1 saturated heterocycles. The highest BCUT2D eigenvalue weighted by molar-refractivity contribution is 6.33. The maximum absolute atomic E-state index is 12.9. The average molecular weight is 457 g/mol. The zero-order valence-electron chi connectivity index (χ0n) is 17.8. The summed E-state index contributed by atoms with van der Waals surface area (Å²) < 4.78 is 0. The molecule has 7 nitrogen and oxygen atoms in total. The predicted molar refractivity (Wildman–Crippen MR) is 121 cm³/mol. The normalized spacial score (nSPS) is 19.3. The summed E-state index contributed by atoms with van der Waals surface area (Å²) in [4.78, 5) is 28.4. The lowest BCUT2D eigenvalue weighted by Crippen LogP contribution is -2.52. The molecular weight excluding hydrogens is 430 g/mol. The number of hydrogen-bond donors (Lipinski definition) is 2. The van der Waals surface area contributed by atoms with Gasteiger partial charge in [0.25, 0.3) is 0 Å². The van der Waals surface area contributed by atoms with Crippen LogP contribution in [0.3, 0.4) is 0 Å². The molecule has 2 N–H and O–H groups in total. The molecule has 0 aromatic heterocycles. The van der Waals surface area contributed by atoms with Crippen LogP contribution < -0.4 is 10.4 Å². The van der Waals surface area contributed by atoms with Crippen LogP contribution in [0.2, 0.25) is 5.02 Å². The number of piperazine rings is 1. The van der Waals surface area contributed by atoms with Gasteiger partial charge >= 0.3 is 0 Å². The summed E-state index contributed by atoms with van der Waals surface area (Å²) in [5.41, 5.74) is 2.38. The third-order valence-electron chi connectivity index (χ3n) is 6.32. The molecule has 4 rings (SSSR count). The van der Waals surface area contributed by atoms with Crippen molar-refractivity contribution in [2.45, 2.75) is 31.4 Å². The van der Waals surface area contributed by atoms with Crippen LogP contribution in [0.5, 0.6) is 0 Å². The van der Waals surface area contributed by atoms with Gasteiger partial charge < -0.3 is 25.2 Å². The van der Waals surface area contributed by atoms with Gasteiger partial charge in [-0.25, -0.2) is 0 Å². The first-order valence-corrected chi connectivity index (χ1v) is 11.3. The van der Waals surface area contributed by atoms with Crippen LogP contribution in [-0.2, 0) is 11.2 Å². The van der Waals surface area contributed by atoms with E-state index in [1.165, 1.54) is 6.07 Å². The molecule has 0 saturated carbocycles. The van der Waals surface area contributed by atoms with Crippen molar-refractivity contribution in [1.29, 1.82) is 0 Å². The smallest absolute Gasteiger partial charge is 0.245 e. The number of benzene rings is 2. The summed E-state index contributed by atoms with van der Waals surface area (Å²) in [6.07, 6.45) is 1.01. The number of carboxylic acids is 1. The molecular formula is C24H27ClN3O4-. The summed E-state index contributed by atoms with van der Waals surface area (Å²) in [6.45, 7) is 3.67. The third kappa shape index (κ3) is 4.90. The first kappa shape index (κ1) is 22.6. The average Bonchev–Trinajstić information content (AvgIpc) is 3.25. The first-order valence-electron chi connectivity index (χ1n) is 11.0. The van der Waals surface area contributed by atoms with E-state index in [4.69, 9.17) is 11.6 Å². The minimum Gasteiger partial charge on any atom is -0.545 e. The van der Waals surface area contributed by atoms with Crippen molar-refractivity contribution < 1.29 is 19.8 Å². The van der Waals surface area contributed by atoms with Crippen molar-refractivity contribution in [1.82, 2.24) is 9.80 Å². The molecule has 1 amide bonds. The van der Waals surface area contributed by atoms with Gasteiger partial charge in [-0.1, -0.05) is 48.0 Å². The van der Waals surface area contributed by atoms with Gasteiger partial charge in [-0.3, -0.25) is 9.69 Å². The number of anilines is 1. The molecule has 2 unspecified atom stereocenters. The Labute approximate surface area is 192 Å². The number of aliphatic hydroxyl groups excluding tert-OH is 1. The molecule has 170 valence electrons. The summed E-state index contributed by atoms with van der Waals surface area (Å²) in [7, 11) is 0. The molecule has 2 aliphatic heterocycles. The van der Waals surface area contributed by atoms with Gasteiger partial charge in [0.15, 0.2) is 0 Å². The molecule has 32 heavy (non-hydrogen) atoms. The van der Waals surface area contributed by atoms with Gasteiger partial charge in [0.2, 0.25) is 5.91 Å². The van der Waals surface area contributed by atoms with E-state index in [0.717, 1.165) is 37.3 Å². The van der Waals surface area contributed by atoms with Crippen molar-refractivity contribution in [2.75, 3.05) is 38.0 Å². The molecule has 0 bridgehead atoms. The fraction of sp³-hybridized carbons (Fsp3) is 0.417. The second kappa shape index (κ2) is 9.90. The summed E-state index contributed by atoms with van der Waals surface area (Å²) in [6, 6.07) is 11.9. The minimum atomic E-state index is -1.28. The minimum absolute atomic E-state index is 0.0380. The number of nitrogens with one attached hydrogen (secondary N) is 1. The SMILES string of the molecule is O=C([O-])c1ccccc1C(O)CCCN1CCN(C(=O)C2Cc3cccc(Cl)c3N2)CC1. The van der Waals surface area contributed by atoms with Crippen LogP contribution in [-0.4, -0.2) is 65.5 Å². The van der Waals surface area contributed by atoms with Crippen molar-refractivity contribution in [3.05, 3.63) is 64.2 Å². The molecule has 2 aromatic carbocycles. The van der Waals surface area contributed by atoms with Crippen LogP contribution in [0.4, 0.5) is 5.69 Å². The van der Waals surface area contributed by atoms with Gasteiger partial charge in [-0.2, -0.15) is 0 Å². The van der Waals surface area contributed by atoms with Crippen molar-refractivity contribution in [3.8, 4) is 0 Å². The van der Waals surface area contributed by atoms with Gasteiger partial charge in [-0.05, 0) is 36.6 Å². The molecule has 0 spiro atoms. The van der Waals surface area contributed by atoms with Crippen LogP contribution in [0.25, 0.3) is 0 Å². The van der Waals surface area contributed by atoms with E-state index in [2.05, 4.69) is 10.2 Å². The second-order valence-corrected chi connectivity index (χ2v) is 8.78. The highest BCUT2D eigenvalue weighted by atomic mass is 35.5. The van der Waals surface area contributed by atoms with E-state index >= 15 is 0 Å². The van der Waals surface area contributed by atoms with Crippen LogP contribution in [0, 0.1) is 0 Å². The van der Waals surface area contributed by atoms with Crippen LogP contribution >= 0.6 is 11.6 Å². The van der Waals surface area contributed by atoms with E-state index in [0.29, 0.717) is 36.5 Å². The van der Waals surface area contributed by atoms with Crippen molar-refractivity contribution >= 4 is 29.2 Å². The monoisotopic (exact) mass is 456 g/mol. The number of nitrogens with zero attached hydrogens (tertiary/aromatic N) is 2. The third-order valence-corrected chi connectivity index (χ3v) is 6.63. The molecule has 2 aliphatic rings. The number of aliphatic hydroxyl groups is 1. The number of carboxylic acid groups (broad SMARTS) is 1. The number of rotatable bonds is 7. The molecule has 8 heteroatoms. The first-order chi connectivity index (χ1) is 15.4. The number of amides is 1. The number of carbonyl (C=O) groups excluding carboxylic acids is 2. The molecule has 0 radical (unpaired) electrons. The molecule has 1 fully saturated rings. The van der Waals surface area contributed by atoms with E-state index < -0.39 is 12.1 Å². The van der Waals surface area contributed by atoms with Crippen LogP contribution in [0.1, 0.15) is 40.4 Å². The van der Waals surface area contributed by atoms with Gasteiger partial charge in [0, 0.05) is 38.2 Å². The lowest BCUT2D eigenvalue weighted by atomic mass is 9.99. The fourth-order valence-electron chi connectivity index (χ4n) is 4.54. The summed E-state index contributed by atoms with van der Waals surface area (Å²) >= 11 is 6.23. The quantitative estimate of drug-likeness (QED) is 0.658. The Bertz CT molecular complexity index is 991. The standard InChI is InChI=1S/C24H28ClN3O4/c25-19-8-3-5-16-15-20(26-22(16)19)23(30)28-13-11-27(12-14-28)10-4-9-21(29)17-6-1-2-7-18(17)24(31)32/h1-3,5-8,20-21,26,29H,4,9-15H2,(H,31,32)/p-1. The van der Waals surface area contributed by atoms with Crippen molar-refractivity contribution in [2.24, 2.45) is 0 Å². The lowest BCUT2D eigenvalue weighted by molar-refractivity contribution is -0.255. The number of aromatic carboxylic acids is 1. The molecule has 2 atom stereocenters. The van der Waals surface area contributed by atoms with Crippen LogP contribution in [0.15, 0.2) is 42.5 Å². The van der Waals surface area contributed by atoms with E-state index in [-0.39, 0.29) is 17.5 Å². The zero-order chi connectivity index (χ0) is 22.7. The number of hydrogen-bond acceptors (Lipinski definition) is 6. The summed E-state index contributed by atoms with van der Waals surface area (Å²) in [5.74, 6) is -1.17. The number of carbonyl (C=O) groups is 2. The maximum atomic E-state index is 12.9.